The van der Waals surface area contributed by atoms with Gasteiger partial charge in [-0.05, 0) is 55.8 Å². The lowest BCUT2D eigenvalue weighted by Gasteiger charge is -2.21. The van der Waals surface area contributed by atoms with E-state index in [9.17, 15) is 4.79 Å². The number of nitrogens with two attached hydrogens (primary N) is 1. The summed E-state index contributed by atoms with van der Waals surface area (Å²) >= 11 is 0. The number of ether oxygens (including phenoxy) is 2. The number of hydrogen-bond acceptors (Lipinski definition) is 8. The second kappa shape index (κ2) is 9.90. The zero-order valence-corrected chi connectivity index (χ0v) is 17.1. The van der Waals surface area contributed by atoms with Crippen molar-refractivity contribution in [2.24, 2.45) is 5.92 Å². The molecule has 0 aliphatic carbocycles. The number of anilines is 2. The monoisotopic (exact) mass is 419 g/mol. The first kappa shape index (κ1) is 20.6. The number of carbonyl (C=O) groups excluding carboxylic acids is 1. The molecule has 0 radical (unpaired) electrons. The number of carbonyl (C=O) groups is 1. The minimum atomic E-state index is -0.194. The summed E-state index contributed by atoms with van der Waals surface area (Å²) < 4.78 is 11.2. The summed E-state index contributed by atoms with van der Waals surface area (Å²) in [5.74, 6) is 2.04. The molecule has 1 saturated heterocycles. The van der Waals surface area contributed by atoms with Gasteiger partial charge in [0.2, 0.25) is 0 Å². The second-order valence-corrected chi connectivity index (χ2v) is 7.23. The molecule has 8 nitrogen and oxygen atoms in total. The highest BCUT2D eigenvalue weighted by Gasteiger charge is 2.22. The van der Waals surface area contributed by atoms with Crippen molar-refractivity contribution < 1.29 is 14.3 Å². The van der Waals surface area contributed by atoms with Crippen LogP contribution in [0.15, 0.2) is 60.9 Å². The van der Waals surface area contributed by atoms with Crippen molar-refractivity contribution >= 4 is 17.6 Å². The van der Waals surface area contributed by atoms with Crippen LogP contribution >= 0.6 is 0 Å². The molecular weight excluding hydrogens is 394 g/mol. The molecule has 4 rings (SSSR count). The number of hydrogen-bond donors (Lipinski definition) is 3. The van der Waals surface area contributed by atoms with E-state index in [0.29, 0.717) is 22.9 Å². The van der Waals surface area contributed by atoms with Crippen LogP contribution < -0.4 is 21.1 Å². The number of aromatic nitrogens is 2. The maximum Gasteiger partial charge on any atom is 0.310 e. The van der Waals surface area contributed by atoms with Crippen molar-refractivity contribution in [1.82, 2.24) is 15.3 Å². The Morgan fingerprint density at radius 3 is 2.48 bits per heavy atom. The Morgan fingerprint density at radius 1 is 1.03 bits per heavy atom. The molecule has 2 aromatic carbocycles. The molecule has 1 fully saturated rings. The average Bonchev–Trinajstić information content (AvgIpc) is 2.81. The summed E-state index contributed by atoms with van der Waals surface area (Å²) in [7, 11) is 0. The van der Waals surface area contributed by atoms with Gasteiger partial charge in [-0.3, -0.25) is 4.79 Å². The molecule has 1 aliphatic rings. The van der Waals surface area contributed by atoms with E-state index in [2.05, 4.69) is 20.6 Å². The van der Waals surface area contributed by atoms with E-state index in [0.717, 1.165) is 37.2 Å². The molecule has 0 amide bonds. The van der Waals surface area contributed by atoms with Crippen LogP contribution in [0.4, 0.5) is 11.6 Å². The SMILES string of the molecule is Nc1ncnc(NCOC(=O)C2CCNCC2)c1-c1ccc(Oc2ccccc2)cc1. The summed E-state index contributed by atoms with van der Waals surface area (Å²) in [6, 6.07) is 17.0. The summed E-state index contributed by atoms with van der Waals surface area (Å²) in [6.07, 6.45) is 2.96. The van der Waals surface area contributed by atoms with E-state index in [-0.39, 0.29) is 18.6 Å². The van der Waals surface area contributed by atoms with Gasteiger partial charge in [0.15, 0.2) is 6.73 Å². The Kier molecular flexibility index (Phi) is 6.59. The summed E-state index contributed by atoms with van der Waals surface area (Å²) in [5, 5.41) is 6.29. The Balaban J connectivity index is 1.43. The molecule has 0 spiro atoms. The van der Waals surface area contributed by atoms with E-state index < -0.39 is 0 Å². The number of nitrogens with one attached hydrogen (secondary N) is 2. The molecule has 0 saturated carbocycles. The maximum absolute atomic E-state index is 12.2. The lowest BCUT2D eigenvalue weighted by Crippen LogP contribution is -2.33. The first-order chi connectivity index (χ1) is 15.2. The molecule has 160 valence electrons. The zero-order chi connectivity index (χ0) is 21.5. The smallest absolute Gasteiger partial charge is 0.310 e. The highest BCUT2D eigenvalue weighted by Crippen LogP contribution is 2.32. The fourth-order valence-electron chi connectivity index (χ4n) is 3.48. The lowest BCUT2D eigenvalue weighted by molar-refractivity contribution is -0.148. The molecular formula is C23H25N5O3. The van der Waals surface area contributed by atoms with Crippen LogP contribution in [-0.4, -0.2) is 35.8 Å². The van der Waals surface area contributed by atoms with Crippen LogP contribution in [-0.2, 0) is 9.53 Å². The Morgan fingerprint density at radius 2 is 1.74 bits per heavy atom. The predicted molar refractivity (Wildman–Crippen MR) is 119 cm³/mol. The number of nitrogens with zero attached hydrogens (tertiary/aromatic N) is 2. The van der Waals surface area contributed by atoms with Gasteiger partial charge in [-0.15, -0.1) is 0 Å². The quantitative estimate of drug-likeness (QED) is 0.395. The van der Waals surface area contributed by atoms with E-state index >= 15 is 0 Å². The Hall–Kier alpha value is -3.65. The van der Waals surface area contributed by atoms with Crippen LogP contribution in [0.25, 0.3) is 11.1 Å². The average molecular weight is 419 g/mol. The topological polar surface area (TPSA) is 111 Å². The van der Waals surface area contributed by atoms with E-state index in [4.69, 9.17) is 15.2 Å². The van der Waals surface area contributed by atoms with Gasteiger partial charge >= 0.3 is 5.97 Å². The van der Waals surface area contributed by atoms with Crippen molar-refractivity contribution in [2.75, 3.05) is 30.9 Å². The molecule has 3 aromatic rings. The normalized spacial score (nSPS) is 14.1. The lowest BCUT2D eigenvalue weighted by atomic mass is 9.99. The number of esters is 1. The number of benzene rings is 2. The predicted octanol–water partition coefficient (Wildman–Crippen LogP) is 3.43. The molecule has 8 heteroatoms. The van der Waals surface area contributed by atoms with Crippen molar-refractivity contribution in [3.05, 3.63) is 60.9 Å². The van der Waals surface area contributed by atoms with Gasteiger partial charge in [0.05, 0.1) is 11.5 Å². The summed E-state index contributed by atoms with van der Waals surface area (Å²) in [4.78, 5) is 20.6. The highest BCUT2D eigenvalue weighted by atomic mass is 16.5. The second-order valence-electron chi connectivity index (χ2n) is 7.23. The molecule has 1 aromatic heterocycles. The Labute approximate surface area is 180 Å². The largest absolute Gasteiger partial charge is 0.457 e. The van der Waals surface area contributed by atoms with Crippen molar-refractivity contribution in [1.29, 1.82) is 0 Å². The zero-order valence-electron chi connectivity index (χ0n) is 17.1. The number of piperidine rings is 1. The van der Waals surface area contributed by atoms with Crippen molar-refractivity contribution in [3.63, 3.8) is 0 Å². The highest BCUT2D eigenvalue weighted by molar-refractivity contribution is 5.83. The van der Waals surface area contributed by atoms with Crippen LogP contribution in [0.3, 0.4) is 0 Å². The molecule has 31 heavy (non-hydrogen) atoms. The third-order valence-electron chi connectivity index (χ3n) is 5.13. The first-order valence-electron chi connectivity index (χ1n) is 10.3. The van der Waals surface area contributed by atoms with Crippen molar-refractivity contribution in [2.45, 2.75) is 12.8 Å². The first-order valence-corrected chi connectivity index (χ1v) is 10.3. The third kappa shape index (κ3) is 5.29. The maximum atomic E-state index is 12.2. The van der Waals surface area contributed by atoms with Crippen molar-refractivity contribution in [3.8, 4) is 22.6 Å². The van der Waals surface area contributed by atoms with Gasteiger partial charge in [0.25, 0.3) is 0 Å². The van der Waals surface area contributed by atoms with Crippen LogP contribution in [0.5, 0.6) is 11.5 Å². The van der Waals surface area contributed by atoms with Gasteiger partial charge in [-0.25, -0.2) is 9.97 Å². The summed E-state index contributed by atoms with van der Waals surface area (Å²) in [5.41, 5.74) is 7.60. The number of rotatable bonds is 7. The minimum Gasteiger partial charge on any atom is -0.457 e. The third-order valence-corrected chi connectivity index (χ3v) is 5.13. The fraction of sp³-hybridized carbons (Fsp3) is 0.261. The standard InChI is InChI=1S/C23H25N5O3/c24-21-20(16-6-8-19(9-7-16)31-18-4-2-1-3-5-18)22(27-14-26-21)28-15-30-23(29)17-10-12-25-13-11-17/h1-9,14,17,25H,10-13,15H2,(H3,24,26,27,28). The molecule has 1 aliphatic heterocycles. The van der Waals surface area contributed by atoms with Crippen LogP contribution in [0.1, 0.15) is 12.8 Å². The van der Waals surface area contributed by atoms with E-state index in [1.54, 1.807) is 0 Å². The molecule has 0 unspecified atom stereocenters. The molecule has 0 atom stereocenters. The number of para-hydroxylation sites is 1. The van der Waals surface area contributed by atoms with Gasteiger partial charge < -0.3 is 25.8 Å². The van der Waals surface area contributed by atoms with Crippen LogP contribution in [0.2, 0.25) is 0 Å². The molecule has 2 heterocycles. The summed E-state index contributed by atoms with van der Waals surface area (Å²) in [6.45, 7) is 1.69. The minimum absolute atomic E-state index is 0.0153. The van der Waals surface area contributed by atoms with Gasteiger partial charge in [-0.2, -0.15) is 0 Å². The van der Waals surface area contributed by atoms with E-state index in [1.165, 1.54) is 6.33 Å². The molecule has 4 N–H and O–H groups in total. The Bertz CT molecular complexity index is 1010. The van der Waals surface area contributed by atoms with Crippen LogP contribution in [0, 0.1) is 5.92 Å². The van der Waals surface area contributed by atoms with Gasteiger partial charge in [-0.1, -0.05) is 30.3 Å². The van der Waals surface area contributed by atoms with Gasteiger partial charge in [0.1, 0.15) is 29.5 Å². The van der Waals surface area contributed by atoms with Gasteiger partial charge in [0, 0.05) is 0 Å². The molecule has 0 bridgehead atoms. The van der Waals surface area contributed by atoms with E-state index in [1.807, 2.05) is 54.6 Å². The fourth-order valence-corrected chi connectivity index (χ4v) is 3.48. The number of nitrogen functional groups attached to an aromatic ring is 1.